The van der Waals surface area contributed by atoms with Gasteiger partial charge >= 0.3 is 10.2 Å². The molecule has 1 atom stereocenters. The monoisotopic (exact) mass is 275 g/mol. The second-order valence-electron chi connectivity index (χ2n) is 4.74. The van der Waals surface area contributed by atoms with Crippen molar-refractivity contribution in [3.05, 3.63) is 11.8 Å². The molecule has 5 nitrogen and oxygen atoms in total. The van der Waals surface area contributed by atoms with Crippen LogP contribution in [-0.4, -0.2) is 37.3 Å². The molecular weight excluding hydrogens is 261 g/mol. The first-order chi connectivity index (χ1) is 8.35. The molecular formula is C11H14FNO4S. The van der Waals surface area contributed by atoms with Crippen LogP contribution >= 0.6 is 0 Å². The molecule has 0 bridgehead atoms. The zero-order chi connectivity index (χ0) is 13.3. The van der Waals surface area contributed by atoms with Crippen molar-refractivity contribution in [3.8, 4) is 0 Å². The molecule has 0 saturated carbocycles. The largest absolute Gasteiger partial charge is 0.316 e. The molecule has 0 radical (unpaired) electrons. The molecule has 0 aromatic rings. The predicted octanol–water partition coefficient (Wildman–Crippen LogP) is 0.771. The van der Waals surface area contributed by atoms with Gasteiger partial charge in [-0.25, -0.2) is 0 Å². The Morgan fingerprint density at radius 2 is 2.06 bits per heavy atom. The number of rotatable bonds is 3. The van der Waals surface area contributed by atoms with Crippen LogP contribution in [0.3, 0.4) is 0 Å². The zero-order valence-corrected chi connectivity index (χ0v) is 10.6. The van der Waals surface area contributed by atoms with Crippen molar-refractivity contribution in [3.63, 3.8) is 0 Å². The first-order valence-electron chi connectivity index (χ1n) is 5.81. The van der Waals surface area contributed by atoms with Crippen molar-refractivity contribution >= 4 is 21.9 Å². The Morgan fingerprint density at radius 3 is 2.67 bits per heavy atom. The van der Waals surface area contributed by atoms with E-state index in [9.17, 15) is 21.9 Å². The van der Waals surface area contributed by atoms with Gasteiger partial charge in [-0.3, -0.25) is 9.59 Å². The van der Waals surface area contributed by atoms with Crippen LogP contribution in [0.1, 0.15) is 25.7 Å². The lowest BCUT2D eigenvalue weighted by atomic mass is 10.0. The lowest BCUT2D eigenvalue weighted by molar-refractivity contribution is -0.126. The maximum Gasteiger partial charge on any atom is 0.302 e. The maximum absolute atomic E-state index is 12.6. The summed E-state index contributed by atoms with van der Waals surface area (Å²) < 4.78 is 33.7. The topological polar surface area (TPSA) is 71.5 Å². The summed E-state index contributed by atoms with van der Waals surface area (Å²) in [5.41, 5.74) is 0.634. The summed E-state index contributed by atoms with van der Waals surface area (Å²) in [4.78, 5) is 24.4. The Labute approximate surface area is 105 Å². The van der Waals surface area contributed by atoms with Crippen LogP contribution in [0.25, 0.3) is 0 Å². The summed E-state index contributed by atoms with van der Waals surface area (Å²) in [6, 6.07) is 0. The molecule has 2 rings (SSSR count). The highest BCUT2D eigenvalue weighted by Gasteiger charge is 2.35. The SMILES string of the molecule is O=C1C=C(N2CC(CS(=O)(=O)F)CC2=O)CCC1. The molecule has 1 fully saturated rings. The van der Waals surface area contributed by atoms with Crippen molar-refractivity contribution in [1.29, 1.82) is 0 Å². The van der Waals surface area contributed by atoms with Crippen molar-refractivity contribution in [2.45, 2.75) is 25.7 Å². The molecule has 0 spiro atoms. The summed E-state index contributed by atoms with van der Waals surface area (Å²) in [7, 11) is -4.56. The van der Waals surface area contributed by atoms with Crippen LogP contribution in [0.4, 0.5) is 3.89 Å². The summed E-state index contributed by atoms with van der Waals surface area (Å²) in [5, 5.41) is 0. The van der Waals surface area contributed by atoms with Gasteiger partial charge in [0, 0.05) is 37.1 Å². The van der Waals surface area contributed by atoms with Crippen LogP contribution in [-0.2, 0) is 19.8 Å². The number of hydrogen-bond donors (Lipinski definition) is 0. The summed E-state index contributed by atoms with van der Waals surface area (Å²) in [5.74, 6) is -1.41. The van der Waals surface area contributed by atoms with Gasteiger partial charge in [-0.2, -0.15) is 8.42 Å². The van der Waals surface area contributed by atoms with Crippen LogP contribution in [0, 0.1) is 5.92 Å². The number of nitrogens with zero attached hydrogens (tertiary/aromatic N) is 1. The lowest BCUT2D eigenvalue weighted by Crippen LogP contribution is -2.27. The molecule has 1 aliphatic heterocycles. The Hall–Kier alpha value is -1.24. The first kappa shape index (κ1) is 13.2. The molecule has 2 aliphatic rings. The number of likely N-dealkylation sites (tertiary alicyclic amines) is 1. The van der Waals surface area contributed by atoms with Gasteiger partial charge in [0.15, 0.2) is 5.78 Å². The predicted molar refractivity (Wildman–Crippen MR) is 61.7 cm³/mol. The van der Waals surface area contributed by atoms with Crippen molar-refractivity contribution in [2.75, 3.05) is 12.3 Å². The number of allylic oxidation sites excluding steroid dienone is 2. The normalized spacial score (nSPS) is 25.5. The third-order valence-electron chi connectivity index (χ3n) is 3.17. The van der Waals surface area contributed by atoms with Gasteiger partial charge in [-0.05, 0) is 12.8 Å². The van der Waals surface area contributed by atoms with E-state index in [4.69, 9.17) is 0 Å². The third kappa shape index (κ3) is 3.16. The number of hydrogen-bond acceptors (Lipinski definition) is 4. The fourth-order valence-electron chi connectivity index (χ4n) is 2.44. The van der Waals surface area contributed by atoms with Crippen LogP contribution < -0.4 is 0 Å². The van der Waals surface area contributed by atoms with E-state index in [1.807, 2.05) is 0 Å². The Morgan fingerprint density at radius 1 is 1.33 bits per heavy atom. The van der Waals surface area contributed by atoms with Gasteiger partial charge in [0.2, 0.25) is 5.91 Å². The first-order valence-corrected chi connectivity index (χ1v) is 7.36. The Balaban J connectivity index is 2.08. The molecule has 1 saturated heterocycles. The third-order valence-corrected chi connectivity index (χ3v) is 4.04. The van der Waals surface area contributed by atoms with Crippen LogP contribution in [0.2, 0.25) is 0 Å². The van der Waals surface area contributed by atoms with E-state index in [1.54, 1.807) is 0 Å². The maximum atomic E-state index is 12.6. The van der Waals surface area contributed by atoms with Crippen molar-refractivity contribution in [1.82, 2.24) is 4.90 Å². The molecule has 1 heterocycles. The molecule has 100 valence electrons. The fraction of sp³-hybridized carbons (Fsp3) is 0.636. The van der Waals surface area contributed by atoms with Crippen LogP contribution in [0.5, 0.6) is 0 Å². The molecule has 0 aromatic heterocycles. The van der Waals surface area contributed by atoms with Gasteiger partial charge in [0.05, 0.1) is 5.75 Å². The molecule has 1 aliphatic carbocycles. The summed E-state index contributed by atoms with van der Waals surface area (Å²) in [6.45, 7) is 0.182. The number of carbonyl (C=O) groups excluding carboxylic acids is 2. The van der Waals surface area contributed by atoms with E-state index < -0.39 is 21.9 Å². The van der Waals surface area contributed by atoms with Crippen molar-refractivity contribution in [2.24, 2.45) is 5.92 Å². The highest BCUT2D eigenvalue weighted by molar-refractivity contribution is 7.86. The lowest BCUT2D eigenvalue weighted by Gasteiger charge is -2.22. The fourth-order valence-corrected chi connectivity index (χ4v) is 3.23. The van der Waals surface area contributed by atoms with Gasteiger partial charge in [0.25, 0.3) is 0 Å². The van der Waals surface area contributed by atoms with E-state index in [2.05, 4.69) is 0 Å². The molecule has 0 N–H and O–H groups in total. The minimum absolute atomic E-state index is 0.0225. The van der Waals surface area contributed by atoms with E-state index >= 15 is 0 Å². The average Bonchev–Trinajstić information content (AvgIpc) is 2.56. The quantitative estimate of drug-likeness (QED) is 0.713. The standard InChI is InChI=1S/C11H14FNO4S/c12-18(16,17)7-8-4-11(15)13(6-8)9-2-1-3-10(14)5-9/h5,8H,1-4,6-7H2. The van der Waals surface area contributed by atoms with Crippen molar-refractivity contribution < 1.29 is 21.9 Å². The smallest absolute Gasteiger partial charge is 0.302 e. The molecule has 1 unspecified atom stereocenters. The Bertz CT molecular complexity index is 511. The van der Waals surface area contributed by atoms with Crippen LogP contribution in [0.15, 0.2) is 11.8 Å². The molecule has 0 aromatic carbocycles. The second-order valence-corrected chi connectivity index (χ2v) is 6.15. The van der Waals surface area contributed by atoms with E-state index in [-0.39, 0.29) is 24.7 Å². The minimum atomic E-state index is -4.56. The average molecular weight is 275 g/mol. The highest BCUT2D eigenvalue weighted by Crippen LogP contribution is 2.28. The van der Waals surface area contributed by atoms with Gasteiger partial charge < -0.3 is 4.90 Å². The van der Waals surface area contributed by atoms with E-state index in [1.165, 1.54) is 11.0 Å². The summed E-state index contributed by atoms with van der Waals surface area (Å²) in [6.07, 6.45) is 3.27. The second kappa shape index (κ2) is 4.79. The summed E-state index contributed by atoms with van der Waals surface area (Å²) >= 11 is 0. The Kier molecular flexibility index (Phi) is 3.52. The minimum Gasteiger partial charge on any atom is -0.316 e. The van der Waals surface area contributed by atoms with E-state index in [0.29, 0.717) is 25.0 Å². The zero-order valence-electron chi connectivity index (χ0n) is 9.76. The van der Waals surface area contributed by atoms with E-state index in [0.717, 1.165) is 0 Å². The molecule has 7 heteroatoms. The number of carbonyl (C=O) groups is 2. The molecule has 1 amide bonds. The van der Waals surface area contributed by atoms with Gasteiger partial charge in [0.1, 0.15) is 0 Å². The number of amides is 1. The molecule has 18 heavy (non-hydrogen) atoms. The number of ketones is 1. The van der Waals surface area contributed by atoms with Gasteiger partial charge in [-0.15, -0.1) is 3.89 Å². The van der Waals surface area contributed by atoms with Gasteiger partial charge in [-0.1, -0.05) is 0 Å². The number of halogens is 1. The highest BCUT2D eigenvalue weighted by atomic mass is 32.3.